The Balaban J connectivity index is 1.40. The second-order valence-corrected chi connectivity index (χ2v) is 6.56. The maximum Gasteiger partial charge on any atom is 0.0919 e. The third kappa shape index (κ3) is 4.66. The Hall–Kier alpha value is -1.64. The molecule has 0 aliphatic carbocycles. The molecule has 2 aromatic carbocycles. The van der Waals surface area contributed by atoms with Crippen LogP contribution in [0.4, 0.5) is 0 Å². The van der Waals surface area contributed by atoms with E-state index in [1.165, 1.54) is 36.8 Å². The molecule has 122 valence electrons. The number of unbranched alkanes of at least 4 members (excludes halogenated alkanes) is 2. The molecule has 1 N–H and O–H groups in total. The zero-order valence-electron chi connectivity index (χ0n) is 13.8. The summed E-state index contributed by atoms with van der Waals surface area (Å²) in [7, 11) is 0. The van der Waals surface area contributed by atoms with Crippen LogP contribution in [-0.2, 0) is 12.8 Å². The third-order valence-corrected chi connectivity index (χ3v) is 4.83. The van der Waals surface area contributed by atoms with E-state index in [9.17, 15) is 5.11 Å². The molecular formula is C21H27NO. The lowest BCUT2D eigenvalue weighted by molar-refractivity contribution is 0.119. The van der Waals surface area contributed by atoms with Crippen LogP contribution in [0.5, 0.6) is 0 Å². The first-order valence-electron chi connectivity index (χ1n) is 8.85. The van der Waals surface area contributed by atoms with Gasteiger partial charge in [0.2, 0.25) is 0 Å². The summed E-state index contributed by atoms with van der Waals surface area (Å²) in [6, 6.07) is 19.1. The van der Waals surface area contributed by atoms with Gasteiger partial charge in [-0.1, -0.05) is 61.0 Å². The summed E-state index contributed by atoms with van der Waals surface area (Å²) in [6.07, 6.45) is 5.62. The first-order chi connectivity index (χ1) is 11.3. The Morgan fingerprint density at radius 3 is 2.57 bits per heavy atom. The van der Waals surface area contributed by atoms with Gasteiger partial charge < -0.3 is 10.0 Å². The lowest BCUT2D eigenvalue weighted by Crippen LogP contribution is -2.29. The minimum atomic E-state index is -0.335. The van der Waals surface area contributed by atoms with E-state index in [-0.39, 0.29) is 6.10 Å². The van der Waals surface area contributed by atoms with Crippen LogP contribution in [-0.4, -0.2) is 29.6 Å². The predicted octanol–water partition coefficient (Wildman–Crippen LogP) is 3.99. The molecule has 0 bridgehead atoms. The van der Waals surface area contributed by atoms with Crippen LogP contribution in [0, 0.1) is 0 Å². The zero-order chi connectivity index (χ0) is 15.9. The van der Waals surface area contributed by atoms with Gasteiger partial charge in [0, 0.05) is 13.1 Å². The summed E-state index contributed by atoms with van der Waals surface area (Å²) in [5.41, 5.74) is 3.87. The maximum absolute atomic E-state index is 10.4. The molecular weight excluding hydrogens is 282 g/mol. The number of hydrogen-bond acceptors (Lipinski definition) is 2. The van der Waals surface area contributed by atoms with E-state index in [0.29, 0.717) is 0 Å². The molecule has 1 unspecified atom stereocenters. The fourth-order valence-corrected chi connectivity index (χ4v) is 3.49. The van der Waals surface area contributed by atoms with Gasteiger partial charge in [-0.2, -0.15) is 0 Å². The number of β-amino-alcohol motifs (C(OH)–C–C–N with tert-alkyl or cyclic N) is 1. The average Bonchev–Trinajstić information content (AvgIpc) is 2.75. The lowest BCUT2D eigenvalue weighted by atomic mass is 10.0. The van der Waals surface area contributed by atoms with Gasteiger partial charge in [-0.05, 0) is 48.9 Å². The van der Waals surface area contributed by atoms with Crippen molar-refractivity contribution in [3.63, 3.8) is 0 Å². The van der Waals surface area contributed by atoms with E-state index in [0.717, 1.165) is 31.6 Å². The molecule has 3 rings (SSSR count). The minimum Gasteiger partial charge on any atom is -0.387 e. The number of aliphatic hydroxyl groups is 1. The first kappa shape index (κ1) is 16.2. The molecule has 0 amide bonds. The van der Waals surface area contributed by atoms with Crippen molar-refractivity contribution >= 4 is 0 Å². The Bertz CT molecular complexity index is 596. The average molecular weight is 309 g/mol. The van der Waals surface area contributed by atoms with Crippen LogP contribution in [0.3, 0.4) is 0 Å². The van der Waals surface area contributed by atoms with Gasteiger partial charge in [0.05, 0.1) is 6.10 Å². The second kappa shape index (κ2) is 8.28. The molecule has 1 atom stereocenters. The van der Waals surface area contributed by atoms with Crippen LogP contribution < -0.4 is 0 Å². The van der Waals surface area contributed by atoms with Crippen LogP contribution >= 0.6 is 0 Å². The van der Waals surface area contributed by atoms with Gasteiger partial charge in [-0.15, -0.1) is 0 Å². The Morgan fingerprint density at radius 2 is 1.70 bits per heavy atom. The van der Waals surface area contributed by atoms with Crippen LogP contribution in [0.25, 0.3) is 0 Å². The van der Waals surface area contributed by atoms with Crippen molar-refractivity contribution in [1.29, 1.82) is 0 Å². The number of benzene rings is 2. The smallest absolute Gasteiger partial charge is 0.0919 e. The molecule has 0 fully saturated rings. The number of nitrogens with zero attached hydrogens (tertiary/aromatic N) is 1. The second-order valence-electron chi connectivity index (χ2n) is 6.56. The van der Waals surface area contributed by atoms with Gasteiger partial charge >= 0.3 is 0 Å². The molecule has 0 saturated carbocycles. The lowest BCUT2D eigenvalue weighted by Gasteiger charge is -2.21. The Kier molecular flexibility index (Phi) is 5.84. The van der Waals surface area contributed by atoms with Gasteiger partial charge in [0.1, 0.15) is 0 Å². The summed E-state index contributed by atoms with van der Waals surface area (Å²) in [5, 5.41) is 10.4. The van der Waals surface area contributed by atoms with E-state index in [1.54, 1.807) is 0 Å². The number of aryl methyl sites for hydroxylation is 1. The Morgan fingerprint density at radius 1 is 0.913 bits per heavy atom. The highest BCUT2D eigenvalue weighted by molar-refractivity contribution is 5.30. The zero-order valence-corrected chi connectivity index (χ0v) is 13.8. The molecule has 2 heteroatoms. The highest BCUT2D eigenvalue weighted by atomic mass is 16.3. The number of hydrogen-bond donors (Lipinski definition) is 1. The molecule has 0 saturated heterocycles. The number of aliphatic hydroxyl groups excluding tert-OH is 1. The SMILES string of the molecule is OC1CN(CCCCCc2ccccc2)CCc2ccccc21. The molecule has 2 aromatic rings. The Labute approximate surface area is 139 Å². The molecule has 0 radical (unpaired) electrons. The standard InChI is InChI=1S/C21H27NO/c23-21-17-22(16-14-19-12-6-7-13-20(19)21)15-8-2-5-11-18-9-3-1-4-10-18/h1,3-4,6-7,9-10,12-13,21,23H,2,5,8,11,14-17H2. The van der Waals surface area contributed by atoms with Crippen molar-refractivity contribution in [1.82, 2.24) is 4.90 Å². The highest BCUT2D eigenvalue weighted by Gasteiger charge is 2.20. The minimum absolute atomic E-state index is 0.335. The van der Waals surface area contributed by atoms with Crippen molar-refractivity contribution in [2.24, 2.45) is 0 Å². The number of rotatable bonds is 6. The van der Waals surface area contributed by atoms with E-state index in [4.69, 9.17) is 0 Å². The predicted molar refractivity (Wildman–Crippen MR) is 95.5 cm³/mol. The van der Waals surface area contributed by atoms with E-state index >= 15 is 0 Å². The van der Waals surface area contributed by atoms with Gasteiger partial charge in [-0.25, -0.2) is 0 Å². The molecule has 0 aromatic heterocycles. The summed E-state index contributed by atoms with van der Waals surface area (Å²) in [5.74, 6) is 0. The monoisotopic (exact) mass is 309 g/mol. The van der Waals surface area contributed by atoms with Gasteiger partial charge in [0.15, 0.2) is 0 Å². The quantitative estimate of drug-likeness (QED) is 0.816. The molecule has 1 aliphatic heterocycles. The first-order valence-corrected chi connectivity index (χ1v) is 8.85. The normalized spacial score (nSPS) is 18.4. The van der Waals surface area contributed by atoms with Crippen LogP contribution in [0.15, 0.2) is 54.6 Å². The van der Waals surface area contributed by atoms with Crippen molar-refractivity contribution in [2.45, 2.75) is 38.2 Å². The van der Waals surface area contributed by atoms with E-state index in [1.807, 2.05) is 6.07 Å². The van der Waals surface area contributed by atoms with Crippen molar-refractivity contribution in [3.05, 3.63) is 71.3 Å². The maximum atomic E-state index is 10.4. The molecule has 0 spiro atoms. The molecule has 2 nitrogen and oxygen atoms in total. The van der Waals surface area contributed by atoms with Crippen molar-refractivity contribution in [3.8, 4) is 0 Å². The fraction of sp³-hybridized carbons (Fsp3) is 0.429. The fourth-order valence-electron chi connectivity index (χ4n) is 3.49. The van der Waals surface area contributed by atoms with Crippen LogP contribution in [0.2, 0.25) is 0 Å². The van der Waals surface area contributed by atoms with E-state index < -0.39 is 0 Å². The summed E-state index contributed by atoms with van der Waals surface area (Å²) in [4.78, 5) is 2.42. The molecule has 1 heterocycles. The van der Waals surface area contributed by atoms with E-state index in [2.05, 4.69) is 53.4 Å². The molecule has 23 heavy (non-hydrogen) atoms. The molecule has 1 aliphatic rings. The van der Waals surface area contributed by atoms with Gasteiger partial charge in [-0.3, -0.25) is 0 Å². The largest absolute Gasteiger partial charge is 0.387 e. The van der Waals surface area contributed by atoms with Crippen molar-refractivity contribution in [2.75, 3.05) is 19.6 Å². The summed E-state index contributed by atoms with van der Waals surface area (Å²) < 4.78 is 0. The third-order valence-electron chi connectivity index (χ3n) is 4.83. The topological polar surface area (TPSA) is 23.5 Å². The van der Waals surface area contributed by atoms with Gasteiger partial charge in [0.25, 0.3) is 0 Å². The summed E-state index contributed by atoms with van der Waals surface area (Å²) in [6.45, 7) is 2.93. The van der Waals surface area contributed by atoms with Crippen LogP contribution in [0.1, 0.15) is 42.1 Å². The number of fused-ring (bicyclic) bond motifs is 1. The highest BCUT2D eigenvalue weighted by Crippen LogP contribution is 2.23. The van der Waals surface area contributed by atoms with Crippen molar-refractivity contribution < 1.29 is 5.11 Å². The summed E-state index contributed by atoms with van der Waals surface area (Å²) >= 11 is 0.